The molecule has 29 heavy (non-hydrogen) atoms. The largest absolute Gasteiger partial charge is 0.388 e. The Morgan fingerprint density at radius 1 is 0.862 bits per heavy atom. The molecule has 148 valence electrons. The molecule has 0 aliphatic carbocycles. The minimum Gasteiger partial charge on any atom is -0.388 e. The lowest BCUT2D eigenvalue weighted by Gasteiger charge is -2.34. The quantitative estimate of drug-likeness (QED) is 0.648. The van der Waals surface area contributed by atoms with Gasteiger partial charge in [0.15, 0.2) is 0 Å². The maximum atomic E-state index is 13.2. The molecule has 0 aromatic heterocycles. The first-order valence-electron chi connectivity index (χ1n) is 10.2. The number of anilines is 2. The Hall–Kier alpha value is -3.11. The van der Waals surface area contributed by atoms with Gasteiger partial charge in [0.25, 0.3) is 5.91 Å². The van der Waals surface area contributed by atoms with Gasteiger partial charge in [0.2, 0.25) is 0 Å². The third-order valence-electron chi connectivity index (χ3n) is 5.62. The van der Waals surface area contributed by atoms with E-state index in [-0.39, 0.29) is 11.8 Å². The van der Waals surface area contributed by atoms with Crippen LogP contribution in [0.3, 0.4) is 0 Å². The van der Waals surface area contributed by atoms with Crippen molar-refractivity contribution in [3.05, 3.63) is 96.1 Å². The van der Waals surface area contributed by atoms with Gasteiger partial charge in [-0.3, -0.25) is 4.79 Å². The molecular weight excluding hydrogens is 360 g/mol. The Labute approximate surface area is 171 Å². The number of amides is 1. The van der Waals surface area contributed by atoms with Crippen LogP contribution in [0.15, 0.2) is 84.9 Å². The van der Waals surface area contributed by atoms with Crippen LogP contribution < -0.4 is 5.32 Å². The maximum absolute atomic E-state index is 13.2. The molecule has 0 unspecified atom stereocenters. The summed E-state index contributed by atoms with van der Waals surface area (Å²) in [4.78, 5) is 15.1. The second-order valence-electron chi connectivity index (χ2n) is 7.52. The van der Waals surface area contributed by atoms with Crippen LogP contribution in [-0.2, 0) is 0 Å². The van der Waals surface area contributed by atoms with Crippen LogP contribution in [0.4, 0.5) is 11.4 Å². The number of nitrogens with one attached hydrogen (secondary N) is 1. The normalized spacial score (nSPS) is 15.7. The molecule has 2 N–H and O–H groups in total. The molecule has 3 aromatic carbocycles. The number of rotatable bonds is 5. The van der Waals surface area contributed by atoms with Crippen molar-refractivity contribution in [3.63, 3.8) is 0 Å². The van der Waals surface area contributed by atoms with Gasteiger partial charge in [-0.25, -0.2) is 0 Å². The van der Waals surface area contributed by atoms with Gasteiger partial charge in [-0.1, -0.05) is 60.7 Å². The molecule has 1 amide bonds. The molecule has 0 radical (unpaired) electrons. The van der Waals surface area contributed by atoms with E-state index in [1.54, 1.807) is 0 Å². The molecule has 1 saturated heterocycles. The van der Waals surface area contributed by atoms with Crippen molar-refractivity contribution in [3.8, 4) is 0 Å². The van der Waals surface area contributed by atoms with Crippen LogP contribution in [0.25, 0.3) is 0 Å². The smallest absolute Gasteiger partial charge is 0.255 e. The second-order valence-corrected chi connectivity index (χ2v) is 7.52. The van der Waals surface area contributed by atoms with Crippen molar-refractivity contribution in [2.45, 2.75) is 18.9 Å². The Morgan fingerprint density at radius 2 is 1.45 bits per heavy atom. The predicted molar refractivity (Wildman–Crippen MR) is 116 cm³/mol. The summed E-state index contributed by atoms with van der Waals surface area (Å²) in [6, 6.07) is 27.3. The fourth-order valence-electron chi connectivity index (χ4n) is 3.97. The second kappa shape index (κ2) is 8.93. The summed E-state index contributed by atoms with van der Waals surface area (Å²) in [5.41, 5.74) is 3.40. The number of para-hydroxylation sites is 2. The van der Waals surface area contributed by atoms with Crippen molar-refractivity contribution in [2.75, 3.05) is 18.4 Å². The topological polar surface area (TPSA) is 52.6 Å². The lowest BCUT2D eigenvalue weighted by atomic mass is 9.87. The van der Waals surface area contributed by atoms with Crippen LogP contribution in [0.2, 0.25) is 0 Å². The van der Waals surface area contributed by atoms with Gasteiger partial charge in [-0.05, 0) is 48.6 Å². The summed E-state index contributed by atoms with van der Waals surface area (Å²) in [6.07, 6.45) is 1.13. The SMILES string of the molecule is O=C(c1ccccc1Nc1ccccc1)N1CCC([C@H](O)c2ccccc2)CC1. The van der Waals surface area contributed by atoms with E-state index in [9.17, 15) is 9.90 Å². The van der Waals surface area contributed by atoms with Crippen molar-refractivity contribution in [1.29, 1.82) is 0 Å². The highest BCUT2D eigenvalue weighted by Crippen LogP contribution is 2.32. The van der Waals surface area contributed by atoms with E-state index in [0.29, 0.717) is 18.7 Å². The first kappa shape index (κ1) is 19.2. The lowest BCUT2D eigenvalue weighted by molar-refractivity contribution is 0.0463. The number of hydrogen-bond donors (Lipinski definition) is 2. The number of carbonyl (C=O) groups excluding carboxylic acids is 1. The number of carbonyl (C=O) groups is 1. The Bertz CT molecular complexity index is 935. The molecule has 1 fully saturated rings. The summed E-state index contributed by atoms with van der Waals surface area (Å²) in [6.45, 7) is 1.32. The Morgan fingerprint density at radius 3 is 2.14 bits per heavy atom. The number of aliphatic hydroxyl groups excluding tert-OH is 1. The molecule has 4 heteroatoms. The molecule has 1 atom stereocenters. The van der Waals surface area contributed by atoms with E-state index in [1.807, 2.05) is 89.8 Å². The van der Waals surface area contributed by atoms with E-state index in [2.05, 4.69) is 5.32 Å². The maximum Gasteiger partial charge on any atom is 0.255 e. The van der Waals surface area contributed by atoms with Gasteiger partial charge < -0.3 is 15.3 Å². The van der Waals surface area contributed by atoms with E-state index in [4.69, 9.17) is 0 Å². The van der Waals surface area contributed by atoms with Gasteiger partial charge in [0, 0.05) is 18.8 Å². The monoisotopic (exact) mass is 386 g/mol. The van der Waals surface area contributed by atoms with Crippen molar-refractivity contribution >= 4 is 17.3 Å². The minimum atomic E-state index is -0.472. The average molecular weight is 386 g/mol. The van der Waals surface area contributed by atoms with Gasteiger partial charge in [-0.15, -0.1) is 0 Å². The Kier molecular flexibility index (Phi) is 5.92. The third kappa shape index (κ3) is 4.49. The average Bonchev–Trinajstić information content (AvgIpc) is 2.80. The summed E-state index contributed by atoms with van der Waals surface area (Å²) < 4.78 is 0. The van der Waals surface area contributed by atoms with E-state index < -0.39 is 6.10 Å². The van der Waals surface area contributed by atoms with Gasteiger partial charge >= 0.3 is 0 Å². The number of likely N-dealkylation sites (tertiary alicyclic amines) is 1. The summed E-state index contributed by atoms with van der Waals surface area (Å²) in [5.74, 6) is 0.218. The molecule has 1 aliphatic rings. The molecule has 4 rings (SSSR count). The number of nitrogens with zero attached hydrogens (tertiary/aromatic N) is 1. The Balaban J connectivity index is 1.42. The van der Waals surface area contributed by atoms with Crippen LogP contribution in [-0.4, -0.2) is 29.0 Å². The molecule has 0 bridgehead atoms. The lowest BCUT2D eigenvalue weighted by Crippen LogP contribution is -2.40. The first-order chi connectivity index (χ1) is 14.2. The van der Waals surface area contributed by atoms with Crippen molar-refractivity contribution in [1.82, 2.24) is 4.90 Å². The molecule has 1 aliphatic heterocycles. The fourth-order valence-corrected chi connectivity index (χ4v) is 3.97. The van der Waals surface area contributed by atoms with Crippen LogP contribution in [0.5, 0.6) is 0 Å². The predicted octanol–water partition coefficient (Wildman–Crippen LogP) is 5.02. The van der Waals surface area contributed by atoms with E-state index >= 15 is 0 Å². The number of benzene rings is 3. The zero-order valence-electron chi connectivity index (χ0n) is 16.4. The first-order valence-corrected chi connectivity index (χ1v) is 10.2. The third-order valence-corrected chi connectivity index (χ3v) is 5.62. The van der Waals surface area contributed by atoms with Gasteiger partial charge in [0.05, 0.1) is 17.4 Å². The molecule has 0 saturated carbocycles. The highest BCUT2D eigenvalue weighted by molar-refractivity contribution is 6.00. The van der Waals surface area contributed by atoms with E-state index in [1.165, 1.54) is 0 Å². The number of piperidine rings is 1. The van der Waals surface area contributed by atoms with Crippen LogP contribution in [0, 0.1) is 5.92 Å². The molecule has 4 nitrogen and oxygen atoms in total. The highest BCUT2D eigenvalue weighted by Gasteiger charge is 2.29. The zero-order valence-corrected chi connectivity index (χ0v) is 16.4. The van der Waals surface area contributed by atoms with Gasteiger partial charge in [0.1, 0.15) is 0 Å². The highest BCUT2D eigenvalue weighted by atomic mass is 16.3. The summed E-state index contributed by atoms with van der Waals surface area (Å²) >= 11 is 0. The summed E-state index contributed by atoms with van der Waals surface area (Å²) in [7, 11) is 0. The van der Waals surface area contributed by atoms with Gasteiger partial charge in [-0.2, -0.15) is 0 Å². The van der Waals surface area contributed by atoms with E-state index in [0.717, 1.165) is 29.8 Å². The molecule has 1 heterocycles. The van der Waals surface area contributed by atoms with Crippen molar-refractivity contribution in [2.24, 2.45) is 5.92 Å². The fraction of sp³-hybridized carbons (Fsp3) is 0.240. The van der Waals surface area contributed by atoms with Crippen LogP contribution >= 0.6 is 0 Å². The van der Waals surface area contributed by atoms with Crippen LogP contribution in [0.1, 0.15) is 34.9 Å². The standard InChI is InChI=1S/C25H26N2O2/c28-24(19-9-3-1-4-10-19)20-15-17-27(18-16-20)25(29)22-13-7-8-14-23(22)26-21-11-5-2-6-12-21/h1-14,20,24,26,28H,15-18H2/t24-/m1/s1. The molecular formula is C25H26N2O2. The number of hydrogen-bond acceptors (Lipinski definition) is 3. The molecule has 3 aromatic rings. The van der Waals surface area contributed by atoms with Crippen molar-refractivity contribution < 1.29 is 9.90 Å². The summed E-state index contributed by atoms with van der Waals surface area (Å²) in [5, 5.41) is 14.0. The number of aliphatic hydroxyl groups is 1. The zero-order chi connectivity index (χ0) is 20.1. The minimum absolute atomic E-state index is 0.0386. The molecule has 0 spiro atoms.